The fourth-order valence-electron chi connectivity index (χ4n) is 0.619. The molecule has 0 aromatic carbocycles. The van der Waals surface area contributed by atoms with E-state index in [0.29, 0.717) is 0 Å². The zero-order chi connectivity index (χ0) is 10.8. The molecule has 6 nitrogen and oxygen atoms in total. The number of ether oxygens (including phenoxy) is 1. The van der Waals surface area contributed by atoms with Crippen molar-refractivity contribution in [1.29, 1.82) is 0 Å². The molecule has 0 aromatic heterocycles. The van der Waals surface area contributed by atoms with Crippen molar-refractivity contribution in [3.05, 3.63) is 12.2 Å². The molecule has 0 aromatic rings. The van der Waals surface area contributed by atoms with Crippen LogP contribution in [0.2, 0.25) is 0 Å². The fraction of sp³-hybridized carbons (Fsp3) is 0.500. The van der Waals surface area contributed by atoms with Crippen molar-refractivity contribution in [1.82, 2.24) is 5.32 Å². The molecular formula is C8H13NO5. The van der Waals surface area contributed by atoms with Gasteiger partial charge in [-0.25, -0.2) is 4.79 Å². The molecule has 14 heavy (non-hydrogen) atoms. The molecule has 0 aliphatic heterocycles. The van der Waals surface area contributed by atoms with Gasteiger partial charge in [0.1, 0.15) is 0 Å². The number of aliphatic hydroxyl groups is 1. The number of nitrogens with one attached hydrogen (secondary N) is 1. The maximum Gasteiger partial charge on any atom is 0.328 e. The van der Waals surface area contributed by atoms with Gasteiger partial charge in [-0.1, -0.05) is 0 Å². The normalized spacial score (nSPS) is 10.4. The predicted molar refractivity (Wildman–Crippen MR) is 47.7 cm³/mol. The summed E-state index contributed by atoms with van der Waals surface area (Å²) in [6.07, 6.45) is 1.68. The van der Waals surface area contributed by atoms with Crippen LogP contribution in [0, 0.1) is 0 Å². The van der Waals surface area contributed by atoms with Gasteiger partial charge in [0, 0.05) is 18.7 Å². The van der Waals surface area contributed by atoms with Crippen LogP contribution >= 0.6 is 0 Å². The Morgan fingerprint density at radius 1 is 1.29 bits per heavy atom. The standard InChI is InChI=1S/C8H13NO5/c10-4-6-14-5-3-9-7(11)1-2-8(12)13/h1-2,10H,3-6H2,(H,9,11)(H,12,13)/b2-1+. The molecule has 0 radical (unpaired) electrons. The number of carbonyl (C=O) groups excluding carboxylic acids is 1. The van der Waals surface area contributed by atoms with Crippen molar-refractivity contribution in [2.75, 3.05) is 26.4 Å². The minimum atomic E-state index is -1.17. The highest BCUT2D eigenvalue weighted by molar-refractivity contribution is 5.93. The molecule has 0 rings (SSSR count). The molecule has 6 heteroatoms. The lowest BCUT2D eigenvalue weighted by Gasteiger charge is -2.02. The van der Waals surface area contributed by atoms with E-state index in [1.54, 1.807) is 0 Å². The highest BCUT2D eigenvalue weighted by Gasteiger charge is 1.95. The highest BCUT2D eigenvalue weighted by Crippen LogP contribution is 1.76. The van der Waals surface area contributed by atoms with E-state index in [4.69, 9.17) is 14.9 Å². The van der Waals surface area contributed by atoms with Crippen LogP contribution in [0.3, 0.4) is 0 Å². The van der Waals surface area contributed by atoms with E-state index in [1.165, 1.54) is 0 Å². The Balaban J connectivity index is 3.40. The summed E-state index contributed by atoms with van der Waals surface area (Å²) in [7, 11) is 0. The van der Waals surface area contributed by atoms with Gasteiger partial charge in [-0.15, -0.1) is 0 Å². The lowest BCUT2D eigenvalue weighted by atomic mass is 10.4. The van der Waals surface area contributed by atoms with Gasteiger partial charge in [-0.05, 0) is 0 Å². The van der Waals surface area contributed by atoms with Gasteiger partial charge < -0.3 is 20.3 Å². The van der Waals surface area contributed by atoms with Crippen molar-refractivity contribution < 1.29 is 24.5 Å². The molecular weight excluding hydrogens is 190 g/mol. The number of carboxylic acids is 1. The SMILES string of the molecule is O=C(O)/C=C/C(=O)NCCOCCO. The molecule has 3 N–H and O–H groups in total. The Morgan fingerprint density at radius 2 is 2.00 bits per heavy atom. The number of amides is 1. The zero-order valence-corrected chi connectivity index (χ0v) is 7.60. The summed E-state index contributed by atoms with van der Waals surface area (Å²) in [4.78, 5) is 20.8. The Morgan fingerprint density at radius 3 is 2.57 bits per heavy atom. The van der Waals surface area contributed by atoms with Gasteiger partial charge in [0.15, 0.2) is 0 Å². The summed E-state index contributed by atoms with van der Waals surface area (Å²) in [6, 6.07) is 0. The van der Waals surface area contributed by atoms with E-state index < -0.39 is 11.9 Å². The van der Waals surface area contributed by atoms with Crippen LogP contribution in [0.5, 0.6) is 0 Å². The van der Waals surface area contributed by atoms with Crippen LogP contribution < -0.4 is 5.32 Å². The monoisotopic (exact) mass is 203 g/mol. The molecule has 0 heterocycles. The second-order valence-electron chi connectivity index (χ2n) is 2.30. The second kappa shape index (κ2) is 8.21. The Bertz CT molecular complexity index is 214. The number of rotatable bonds is 7. The third-order valence-electron chi connectivity index (χ3n) is 1.16. The minimum absolute atomic E-state index is 0.0626. The van der Waals surface area contributed by atoms with Crippen molar-refractivity contribution in [3.8, 4) is 0 Å². The van der Waals surface area contributed by atoms with E-state index in [1.807, 2.05) is 0 Å². The summed E-state index contributed by atoms with van der Waals surface area (Å²) in [5.41, 5.74) is 0. The first-order valence-corrected chi connectivity index (χ1v) is 4.04. The molecule has 0 aliphatic rings. The third-order valence-corrected chi connectivity index (χ3v) is 1.16. The fourth-order valence-corrected chi connectivity index (χ4v) is 0.619. The summed E-state index contributed by atoms with van der Waals surface area (Å²) in [6.45, 7) is 0.726. The average Bonchev–Trinajstić information content (AvgIpc) is 2.14. The summed E-state index contributed by atoms with van der Waals surface area (Å²) in [5, 5.41) is 18.9. The van der Waals surface area contributed by atoms with Crippen LogP contribution in [-0.2, 0) is 14.3 Å². The molecule has 0 saturated carbocycles. The van der Waals surface area contributed by atoms with Gasteiger partial charge in [0.25, 0.3) is 0 Å². The first kappa shape index (κ1) is 12.6. The Labute approximate surface area is 81.2 Å². The van der Waals surface area contributed by atoms with Crippen molar-refractivity contribution in [2.24, 2.45) is 0 Å². The molecule has 0 saturated heterocycles. The molecule has 0 atom stereocenters. The molecule has 0 bridgehead atoms. The minimum Gasteiger partial charge on any atom is -0.478 e. The lowest BCUT2D eigenvalue weighted by molar-refractivity contribution is -0.131. The molecule has 0 aliphatic carbocycles. The van der Waals surface area contributed by atoms with Gasteiger partial charge >= 0.3 is 5.97 Å². The number of carboxylic acid groups (broad SMARTS) is 1. The molecule has 0 unspecified atom stereocenters. The van der Waals surface area contributed by atoms with Gasteiger partial charge in [0.05, 0.1) is 19.8 Å². The number of aliphatic hydroxyl groups excluding tert-OH is 1. The van der Waals surface area contributed by atoms with Gasteiger partial charge in [-0.3, -0.25) is 4.79 Å². The first-order chi connectivity index (χ1) is 6.66. The Hall–Kier alpha value is -1.40. The number of hydrogen-bond acceptors (Lipinski definition) is 4. The first-order valence-electron chi connectivity index (χ1n) is 4.04. The van der Waals surface area contributed by atoms with E-state index in [9.17, 15) is 9.59 Å². The topological polar surface area (TPSA) is 95.9 Å². The summed E-state index contributed by atoms with van der Waals surface area (Å²) < 4.78 is 4.85. The van der Waals surface area contributed by atoms with E-state index in [0.717, 1.165) is 12.2 Å². The summed E-state index contributed by atoms with van der Waals surface area (Å²) >= 11 is 0. The number of aliphatic carboxylic acids is 1. The van der Waals surface area contributed by atoms with Crippen molar-refractivity contribution >= 4 is 11.9 Å². The van der Waals surface area contributed by atoms with Crippen molar-refractivity contribution in [3.63, 3.8) is 0 Å². The van der Waals surface area contributed by atoms with E-state index in [2.05, 4.69) is 5.32 Å². The van der Waals surface area contributed by atoms with E-state index >= 15 is 0 Å². The molecule has 80 valence electrons. The second-order valence-corrected chi connectivity index (χ2v) is 2.30. The van der Waals surface area contributed by atoms with Gasteiger partial charge in [-0.2, -0.15) is 0 Å². The van der Waals surface area contributed by atoms with Crippen LogP contribution in [-0.4, -0.2) is 48.5 Å². The molecule has 1 amide bonds. The third kappa shape index (κ3) is 8.69. The Kier molecular flexibility index (Phi) is 7.39. The van der Waals surface area contributed by atoms with Crippen LogP contribution in [0.4, 0.5) is 0 Å². The highest BCUT2D eigenvalue weighted by atomic mass is 16.5. The van der Waals surface area contributed by atoms with Crippen LogP contribution in [0.15, 0.2) is 12.2 Å². The number of hydrogen-bond donors (Lipinski definition) is 3. The van der Waals surface area contributed by atoms with Crippen LogP contribution in [0.1, 0.15) is 0 Å². The quantitative estimate of drug-likeness (QED) is 0.355. The summed E-state index contributed by atoms with van der Waals surface area (Å²) in [5.74, 6) is -1.66. The molecule has 0 fully saturated rings. The molecule has 0 spiro atoms. The predicted octanol–water partition coefficient (Wildman–Crippen LogP) is -1.25. The van der Waals surface area contributed by atoms with Crippen LogP contribution in [0.25, 0.3) is 0 Å². The van der Waals surface area contributed by atoms with Crippen molar-refractivity contribution in [2.45, 2.75) is 0 Å². The number of carbonyl (C=O) groups is 2. The maximum absolute atomic E-state index is 10.8. The van der Waals surface area contributed by atoms with Gasteiger partial charge in [0.2, 0.25) is 5.91 Å². The largest absolute Gasteiger partial charge is 0.478 e. The average molecular weight is 203 g/mol. The maximum atomic E-state index is 10.8. The smallest absolute Gasteiger partial charge is 0.328 e. The zero-order valence-electron chi connectivity index (χ0n) is 7.60. The lowest BCUT2D eigenvalue weighted by Crippen LogP contribution is -2.25. The van der Waals surface area contributed by atoms with E-state index in [-0.39, 0.29) is 26.4 Å².